The van der Waals surface area contributed by atoms with E-state index in [1.54, 1.807) is 24.3 Å². The second-order valence-electron chi connectivity index (χ2n) is 5.06. The van der Waals surface area contributed by atoms with Crippen molar-refractivity contribution in [2.45, 2.75) is 32.1 Å². The predicted octanol–water partition coefficient (Wildman–Crippen LogP) is 2.46. The normalized spacial score (nSPS) is 11.8. The zero-order chi connectivity index (χ0) is 14.8. The van der Waals surface area contributed by atoms with Gasteiger partial charge in [0.2, 0.25) is 10.0 Å². The molecule has 0 saturated heterocycles. The summed E-state index contributed by atoms with van der Waals surface area (Å²) >= 11 is 0. The average Bonchev–Trinajstić information content (AvgIpc) is 2.68. The Bertz CT molecular complexity index is 685. The van der Waals surface area contributed by atoms with Crippen LogP contribution in [0.25, 0.3) is 0 Å². The van der Waals surface area contributed by atoms with E-state index in [0.29, 0.717) is 17.9 Å². The van der Waals surface area contributed by atoms with Gasteiger partial charge in [-0.15, -0.1) is 0 Å². The summed E-state index contributed by atoms with van der Waals surface area (Å²) in [7, 11) is -3.41. The predicted molar refractivity (Wildman–Crippen MR) is 80.3 cm³/mol. The molecule has 1 heterocycles. The molecule has 5 heteroatoms. The molecule has 0 bridgehead atoms. The number of nitrogens with one attached hydrogen (secondary N) is 2. The number of sulfonamides is 1. The van der Waals surface area contributed by atoms with Crippen molar-refractivity contribution in [3.8, 4) is 0 Å². The first-order valence-corrected chi connectivity index (χ1v) is 8.08. The fourth-order valence-electron chi connectivity index (χ4n) is 2.16. The standard InChI is InChI=1S/C15H20N2O2S/c1-11-4-6-15(7-5-11)20(18,19)16-9-8-14-10-12(2)17-13(14)3/h4-7,10,16-17H,8-9H2,1-3H3. The molecule has 4 nitrogen and oxygen atoms in total. The van der Waals surface area contributed by atoms with Crippen LogP contribution < -0.4 is 4.72 Å². The number of aromatic nitrogens is 1. The van der Waals surface area contributed by atoms with Crippen LogP contribution in [0.5, 0.6) is 0 Å². The summed E-state index contributed by atoms with van der Waals surface area (Å²) in [4.78, 5) is 3.53. The van der Waals surface area contributed by atoms with Gasteiger partial charge in [0, 0.05) is 17.9 Å². The molecule has 2 aromatic rings. The molecule has 0 amide bonds. The zero-order valence-electron chi connectivity index (χ0n) is 12.0. The minimum atomic E-state index is -3.41. The van der Waals surface area contributed by atoms with Crippen LogP contribution in [0.2, 0.25) is 0 Å². The molecule has 108 valence electrons. The molecule has 20 heavy (non-hydrogen) atoms. The Balaban J connectivity index is 1.99. The van der Waals surface area contributed by atoms with E-state index in [9.17, 15) is 8.42 Å². The van der Waals surface area contributed by atoms with E-state index in [1.165, 1.54) is 0 Å². The lowest BCUT2D eigenvalue weighted by Gasteiger charge is -2.07. The zero-order valence-corrected chi connectivity index (χ0v) is 12.8. The van der Waals surface area contributed by atoms with Crippen LogP contribution in [-0.2, 0) is 16.4 Å². The van der Waals surface area contributed by atoms with Gasteiger partial charge < -0.3 is 4.98 Å². The Morgan fingerprint density at radius 3 is 2.30 bits per heavy atom. The molecule has 0 radical (unpaired) electrons. The monoisotopic (exact) mass is 292 g/mol. The Kier molecular flexibility index (Phi) is 4.30. The van der Waals surface area contributed by atoms with Gasteiger partial charge in [-0.25, -0.2) is 13.1 Å². The average molecular weight is 292 g/mol. The molecular weight excluding hydrogens is 272 g/mol. The van der Waals surface area contributed by atoms with Gasteiger partial charge in [-0.2, -0.15) is 0 Å². The van der Waals surface area contributed by atoms with Gasteiger partial charge in [0.1, 0.15) is 0 Å². The summed E-state index contributed by atoms with van der Waals surface area (Å²) in [6.45, 7) is 6.32. The number of rotatable bonds is 5. The van der Waals surface area contributed by atoms with E-state index < -0.39 is 10.0 Å². The van der Waals surface area contributed by atoms with Gasteiger partial charge in [0.05, 0.1) is 4.90 Å². The van der Waals surface area contributed by atoms with Crippen molar-refractivity contribution >= 4 is 10.0 Å². The third-order valence-electron chi connectivity index (χ3n) is 3.27. The molecule has 0 saturated carbocycles. The van der Waals surface area contributed by atoms with E-state index in [0.717, 1.165) is 22.5 Å². The minimum Gasteiger partial charge on any atom is -0.362 e. The first-order chi connectivity index (χ1) is 9.38. The molecule has 0 fully saturated rings. The summed E-state index contributed by atoms with van der Waals surface area (Å²) in [5, 5.41) is 0. The lowest BCUT2D eigenvalue weighted by atomic mass is 10.2. The van der Waals surface area contributed by atoms with Crippen LogP contribution in [-0.4, -0.2) is 19.9 Å². The minimum absolute atomic E-state index is 0.310. The molecule has 1 aromatic heterocycles. The molecule has 0 aliphatic rings. The number of benzene rings is 1. The maximum Gasteiger partial charge on any atom is 0.240 e. The van der Waals surface area contributed by atoms with Gasteiger partial charge >= 0.3 is 0 Å². The van der Waals surface area contributed by atoms with Crippen LogP contribution in [0.3, 0.4) is 0 Å². The molecule has 0 aliphatic carbocycles. The molecular formula is C15H20N2O2S. The SMILES string of the molecule is Cc1ccc(S(=O)(=O)NCCc2cc(C)[nH]c2C)cc1. The Labute approximate surface area is 120 Å². The van der Waals surface area contributed by atoms with Crippen molar-refractivity contribution in [3.05, 3.63) is 52.8 Å². The lowest BCUT2D eigenvalue weighted by Crippen LogP contribution is -2.26. The summed E-state index contributed by atoms with van der Waals surface area (Å²) in [5.41, 5.74) is 4.38. The number of H-pyrrole nitrogens is 1. The van der Waals surface area contributed by atoms with Crippen molar-refractivity contribution in [1.29, 1.82) is 0 Å². The van der Waals surface area contributed by atoms with Crippen molar-refractivity contribution in [2.24, 2.45) is 0 Å². The fraction of sp³-hybridized carbons (Fsp3) is 0.333. The van der Waals surface area contributed by atoms with Crippen molar-refractivity contribution in [2.75, 3.05) is 6.54 Å². The topological polar surface area (TPSA) is 62.0 Å². The summed E-state index contributed by atoms with van der Waals surface area (Å²) < 4.78 is 26.8. The highest BCUT2D eigenvalue weighted by molar-refractivity contribution is 7.89. The fourth-order valence-corrected chi connectivity index (χ4v) is 3.19. The Morgan fingerprint density at radius 2 is 1.75 bits per heavy atom. The van der Waals surface area contributed by atoms with E-state index in [1.807, 2.05) is 20.8 Å². The van der Waals surface area contributed by atoms with Crippen molar-refractivity contribution < 1.29 is 8.42 Å². The lowest BCUT2D eigenvalue weighted by molar-refractivity contribution is 0.581. The van der Waals surface area contributed by atoms with Gasteiger partial charge in [-0.05, 0) is 51.0 Å². The van der Waals surface area contributed by atoms with Crippen LogP contribution in [0.1, 0.15) is 22.5 Å². The smallest absolute Gasteiger partial charge is 0.240 e. The molecule has 2 rings (SSSR count). The molecule has 0 aliphatic heterocycles. The van der Waals surface area contributed by atoms with Crippen LogP contribution in [0.15, 0.2) is 35.2 Å². The molecule has 0 spiro atoms. The highest BCUT2D eigenvalue weighted by atomic mass is 32.2. The molecule has 1 aromatic carbocycles. The second kappa shape index (κ2) is 5.81. The maximum absolute atomic E-state index is 12.1. The van der Waals surface area contributed by atoms with E-state index in [2.05, 4.69) is 15.8 Å². The summed E-state index contributed by atoms with van der Waals surface area (Å²) in [6.07, 6.45) is 0.682. The molecule has 0 atom stereocenters. The Hall–Kier alpha value is -1.59. The van der Waals surface area contributed by atoms with Crippen LogP contribution >= 0.6 is 0 Å². The largest absolute Gasteiger partial charge is 0.362 e. The van der Waals surface area contributed by atoms with Crippen molar-refractivity contribution in [1.82, 2.24) is 9.71 Å². The number of aromatic amines is 1. The van der Waals surface area contributed by atoms with Gasteiger partial charge in [-0.1, -0.05) is 17.7 Å². The van der Waals surface area contributed by atoms with E-state index >= 15 is 0 Å². The van der Waals surface area contributed by atoms with Gasteiger partial charge in [0.25, 0.3) is 0 Å². The molecule has 0 unspecified atom stereocenters. The first kappa shape index (κ1) is 14.8. The third kappa shape index (κ3) is 3.49. The number of hydrogen-bond donors (Lipinski definition) is 2. The summed E-state index contributed by atoms with van der Waals surface area (Å²) in [5.74, 6) is 0. The summed E-state index contributed by atoms with van der Waals surface area (Å²) in [6, 6.07) is 8.91. The van der Waals surface area contributed by atoms with Crippen LogP contribution in [0.4, 0.5) is 0 Å². The van der Waals surface area contributed by atoms with Gasteiger partial charge in [-0.3, -0.25) is 0 Å². The van der Waals surface area contributed by atoms with Crippen LogP contribution in [0, 0.1) is 20.8 Å². The highest BCUT2D eigenvalue weighted by Gasteiger charge is 2.13. The highest BCUT2D eigenvalue weighted by Crippen LogP contribution is 2.12. The van der Waals surface area contributed by atoms with E-state index in [4.69, 9.17) is 0 Å². The van der Waals surface area contributed by atoms with Gasteiger partial charge in [0.15, 0.2) is 0 Å². The first-order valence-electron chi connectivity index (χ1n) is 6.60. The second-order valence-corrected chi connectivity index (χ2v) is 6.83. The maximum atomic E-state index is 12.1. The number of aryl methyl sites for hydroxylation is 3. The van der Waals surface area contributed by atoms with E-state index in [-0.39, 0.29) is 0 Å². The third-order valence-corrected chi connectivity index (χ3v) is 4.75. The number of hydrogen-bond acceptors (Lipinski definition) is 2. The van der Waals surface area contributed by atoms with Crippen molar-refractivity contribution in [3.63, 3.8) is 0 Å². The Morgan fingerprint density at radius 1 is 1.10 bits per heavy atom. The molecule has 2 N–H and O–H groups in total. The quantitative estimate of drug-likeness (QED) is 0.889.